The molecule has 3 rings (SSSR count). The second-order valence-electron chi connectivity index (χ2n) is 6.44. The van der Waals surface area contributed by atoms with Gasteiger partial charge >= 0.3 is 5.97 Å². The topological polar surface area (TPSA) is 75.6 Å². The third-order valence-electron chi connectivity index (χ3n) is 4.71. The van der Waals surface area contributed by atoms with Crippen molar-refractivity contribution in [3.05, 3.63) is 34.9 Å². The molecule has 1 amide bonds. The first-order chi connectivity index (χ1) is 11.0. The number of carboxylic acids is 1. The Bertz CT molecular complexity index is 603. The maximum Gasteiger partial charge on any atom is 0.332 e. The summed E-state index contributed by atoms with van der Waals surface area (Å²) in [6.07, 6.45) is 0.325. The van der Waals surface area contributed by atoms with E-state index < -0.39 is 18.2 Å². The average molecular weight is 338 g/mol. The maximum absolute atomic E-state index is 12.4. The molecule has 0 bridgehead atoms. The largest absolute Gasteiger partial charge is 0.479 e. The summed E-state index contributed by atoms with van der Waals surface area (Å²) < 4.78 is 5.33. The number of carbonyl (C=O) groups excluding carboxylic acids is 1. The molecule has 3 unspecified atom stereocenters. The Hall–Kier alpha value is -1.59. The van der Waals surface area contributed by atoms with E-state index in [0.29, 0.717) is 29.7 Å². The molecule has 0 spiro atoms. The van der Waals surface area contributed by atoms with Gasteiger partial charge in [0.15, 0.2) is 6.10 Å². The summed E-state index contributed by atoms with van der Waals surface area (Å²) in [6, 6.07) is 7.40. The fourth-order valence-electron chi connectivity index (χ4n) is 3.18. The summed E-state index contributed by atoms with van der Waals surface area (Å²) >= 11 is 5.93. The number of aliphatic carboxylic acids is 1. The third-order valence-corrected chi connectivity index (χ3v) is 4.97. The number of benzene rings is 1. The molecule has 0 radical (unpaired) electrons. The molecule has 1 aromatic carbocycles. The van der Waals surface area contributed by atoms with Crippen molar-refractivity contribution in [2.75, 3.05) is 0 Å². The summed E-state index contributed by atoms with van der Waals surface area (Å²) in [6.45, 7) is 2.16. The number of rotatable bonds is 5. The average Bonchev–Trinajstić information content (AvgIpc) is 3.03. The molecule has 124 valence electrons. The lowest BCUT2D eigenvalue weighted by Gasteiger charge is -2.21. The van der Waals surface area contributed by atoms with Crippen molar-refractivity contribution < 1.29 is 19.4 Å². The number of carboxylic acid groups (broad SMARTS) is 1. The summed E-state index contributed by atoms with van der Waals surface area (Å²) in [5, 5.41) is 12.7. The van der Waals surface area contributed by atoms with Gasteiger partial charge in [0, 0.05) is 5.02 Å². The second-order valence-corrected chi connectivity index (χ2v) is 6.88. The highest BCUT2D eigenvalue weighted by Crippen LogP contribution is 2.47. The van der Waals surface area contributed by atoms with Crippen LogP contribution < -0.4 is 5.32 Å². The van der Waals surface area contributed by atoms with Crippen LogP contribution in [0.25, 0.3) is 0 Å². The molecule has 23 heavy (non-hydrogen) atoms. The number of hydrogen-bond acceptors (Lipinski definition) is 3. The van der Waals surface area contributed by atoms with Gasteiger partial charge in [0.25, 0.3) is 0 Å². The van der Waals surface area contributed by atoms with Crippen LogP contribution in [-0.4, -0.2) is 29.2 Å². The minimum atomic E-state index is -1.01. The van der Waals surface area contributed by atoms with Crippen molar-refractivity contribution >= 4 is 23.5 Å². The van der Waals surface area contributed by atoms with Crippen LogP contribution in [0.2, 0.25) is 5.02 Å². The van der Waals surface area contributed by atoms with Gasteiger partial charge in [-0.1, -0.05) is 30.7 Å². The second kappa shape index (κ2) is 6.49. The minimum absolute atomic E-state index is 0.0813. The van der Waals surface area contributed by atoms with Gasteiger partial charge in [-0.3, -0.25) is 4.79 Å². The van der Waals surface area contributed by atoms with Gasteiger partial charge in [-0.05, 0) is 48.8 Å². The molecule has 5 nitrogen and oxygen atoms in total. The first-order valence-corrected chi connectivity index (χ1v) is 8.27. The molecule has 1 aliphatic heterocycles. The molecule has 1 aromatic rings. The van der Waals surface area contributed by atoms with E-state index in [2.05, 4.69) is 12.2 Å². The number of halogens is 1. The maximum atomic E-state index is 12.4. The molecule has 1 aliphatic carbocycles. The van der Waals surface area contributed by atoms with Crippen LogP contribution >= 0.6 is 11.6 Å². The lowest BCUT2D eigenvalue weighted by Crippen LogP contribution is -2.38. The van der Waals surface area contributed by atoms with Gasteiger partial charge in [0.1, 0.15) is 6.10 Å². The molecule has 2 aliphatic rings. The monoisotopic (exact) mass is 337 g/mol. The summed E-state index contributed by atoms with van der Waals surface area (Å²) in [5.41, 5.74) is 1.02. The molecule has 1 heterocycles. The van der Waals surface area contributed by atoms with E-state index in [1.807, 2.05) is 24.3 Å². The SMILES string of the molecule is CC1CC1C(NC(=O)[C@@H]1CC[C@H](C(=O)O)O1)c1ccc(Cl)cc1. The quantitative estimate of drug-likeness (QED) is 0.866. The van der Waals surface area contributed by atoms with Crippen LogP contribution in [-0.2, 0) is 14.3 Å². The van der Waals surface area contributed by atoms with Gasteiger partial charge in [-0.25, -0.2) is 4.79 Å². The fraction of sp³-hybridized carbons (Fsp3) is 0.529. The molecule has 6 heteroatoms. The first-order valence-electron chi connectivity index (χ1n) is 7.90. The first kappa shape index (κ1) is 16.3. The normalized spacial score (nSPS) is 30.7. The van der Waals surface area contributed by atoms with Crippen LogP contribution in [0.4, 0.5) is 0 Å². The molecule has 2 fully saturated rings. The molecule has 5 atom stereocenters. The zero-order valence-electron chi connectivity index (χ0n) is 12.9. The Morgan fingerprint density at radius 3 is 2.39 bits per heavy atom. The van der Waals surface area contributed by atoms with E-state index in [1.165, 1.54) is 0 Å². The Morgan fingerprint density at radius 1 is 1.26 bits per heavy atom. The summed E-state index contributed by atoms with van der Waals surface area (Å²) in [7, 11) is 0. The highest BCUT2D eigenvalue weighted by molar-refractivity contribution is 6.30. The lowest BCUT2D eigenvalue weighted by molar-refractivity contribution is -0.152. The van der Waals surface area contributed by atoms with Crippen LogP contribution in [0.1, 0.15) is 37.8 Å². The molecular formula is C17H20ClNO4. The van der Waals surface area contributed by atoms with Crippen LogP contribution in [0, 0.1) is 11.8 Å². The lowest BCUT2D eigenvalue weighted by atomic mass is 10.0. The van der Waals surface area contributed by atoms with Crippen molar-refractivity contribution in [2.24, 2.45) is 11.8 Å². The standard InChI is InChI=1S/C17H20ClNO4/c1-9-8-12(9)15(10-2-4-11(18)5-3-10)19-16(20)13-6-7-14(23-13)17(21)22/h2-5,9,12-15H,6-8H2,1H3,(H,19,20)(H,21,22)/t9?,12?,13-,14+,15?/m0/s1. The van der Waals surface area contributed by atoms with E-state index in [0.717, 1.165) is 12.0 Å². The van der Waals surface area contributed by atoms with Crippen LogP contribution in [0.3, 0.4) is 0 Å². The van der Waals surface area contributed by atoms with Crippen molar-refractivity contribution in [1.82, 2.24) is 5.32 Å². The highest BCUT2D eigenvalue weighted by atomic mass is 35.5. The third kappa shape index (κ3) is 3.67. The number of ether oxygens (including phenoxy) is 1. The molecule has 2 N–H and O–H groups in total. The van der Waals surface area contributed by atoms with Gasteiger partial charge in [-0.15, -0.1) is 0 Å². The number of carbonyl (C=O) groups is 2. The van der Waals surface area contributed by atoms with Crippen molar-refractivity contribution in [2.45, 2.75) is 44.4 Å². The van der Waals surface area contributed by atoms with Crippen molar-refractivity contribution in [1.29, 1.82) is 0 Å². The summed E-state index contributed by atoms with van der Waals surface area (Å²) in [5.74, 6) is -0.276. The predicted octanol–water partition coefficient (Wildman–Crippen LogP) is 2.79. The van der Waals surface area contributed by atoms with Crippen LogP contribution in [0.15, 0.2) is 24.3 Å². The highest BCUT2D eigenvalue weighted by Gasteiger charge is 2.43. The smallest absolute Gasteiger partial charge is 0.332 e. The van der Waals surface area contributed by atoms with E-state index in [1.54, 1.807) is 0 Å². The Balaban J connectivity index is 1.68. The molecule has 1 saturated heterocycles. The van der Waals surface area contributed by atoms with Gasteiger partial charge < -0.3 is 15.2 Å². The van der Waals surface area contributed by atoms with E-state index in [9.17, 15) is 9.59 Å². The van der Waals surface area contributed by atoms with Gasteiger partial charge in [0.2, 0.25) is 5.91 Å². The van der Waals surface area contributed by atoms with E-state index >= 15 is 0 Å². The Kier molecular flexibility index (Phi) is 4.60. The van der Waals surface area contributed by atoms with Gasteiger partial charge in [-0.2, -0.15) is 0 Å². The number of amides is 1. The van der Waals surface area contributed by atoms with Crippen molar-refractivity contribution in [3.8, 4) is 0 Å². The van der Waals surface area contributed by atoms with Gasteiger partial charge in [0.05, 0.1) is 6.04 Å². The van der Waals surface area contributed by atoms with Crippen LogP contribution in [0.5, 0.6) is 0 Å². The Morgan fingerprint density at radius 2 is 1.87 bits per heavy atom. The molecule has 1 saturated carbocycles. The zero-order valence-corrected chi connectivity index (χ0v) is 13.6. The molecule has 0 aromatic heterocycles. The number of nitrogens with one attached hydrogen (secondary N) is 1. The van der Waals surface area contributed by atoms with E-state index in [-0.39, 0.29) is 11.9 Å². The minimum Gasteiger partial charge on any atom is -0.479 e. The van der Waals surface area contributed by atoms with E-state index in [4.69, 9.17) is 21.4 Å². The summed E-state index contributed by atoms with van der Waals surface area (Å²) in [4.78, 5) is 23.4. The predicted molar refractivity (Wildman–Crippen MR) is 85.1 cm³/mol. The van der Waals surface area contributed by atoms with Crippen molar-refractivity contribution in [3.63, 3.8) is 0 Å². The molecular weight excluding hydrogens is 318 g/mol. The Labute approximate surface area is 140 Å². The number of hydrogen-bond donors (Lipinski definition) is 2. The zero-order chi connectivity index (χ0) is 16.6. The fourth-order valence-corrected chi connectivity index (χ4v) is 3.31.